The molecule has 2 saturated heterocycles. The van der Waals surface area contributed by atoms with Gasteiger partial charge in [-0.15, -0.1) is 0 Å². The predicted octanol–water partition coefficient (Wildman–Crippen LogP) is 4.89. The topological polar surface area (TPSA) is 89.1 Å². The quantitative estimate of drug-likeness (QED) is 0.323. The van der Waals surface area contributed by atoms with Crippen LogP contribution in [0.15, 0.2) is 48.7 Å². The van der Waals surface area contributed by atoms with Crippen LogP contribution in [0.5, 0.6) is 5.88 Å². The Labute approximate surface area is 227 Å². The molecule has 0 N–H and O–H groups in total. The van der Waals surface area contributed by atoms with E-state index in [-0.39, 0.29) is 18.5 Å². The molecule has 6 rings (SSSR count). The number of rotatable bonds is 8. The van der Waals surface area contributed by atoms with Crippen LogP contribution in [0.1, 0.15) is 53.5 Å². The minimum atomic E-state index is -0.256. The van der Waals surface area contributed by atoms with Crippen molar-refractivity contribution in [3.05, 3.63) is 82.8 Å². The molecule has 1 atom stereocenters. The van der Waals surface area contributed by atoms with Crippen molar-refractivity contribution < 1.29 is 13.9 Å². The molecule has 9 heteroatoms. The second-order valence-electron chi connectivity index (χ2n) is 10.4. The molecule has 2 aliphatic heterocycles. The highest BCUT2D eigenvalue weighted by atomic mass is 19.1. The molecule has 200 valence electrons. The van der Waals surface area contributed by atoms with Crippen molar-refractivity contribution in [2.45, 2.75) is 57.9 Å². The third-order valence-corrected chi connectivity index (χ3v) is 7.71. The number of halogens is 1. The fourth-order valence-electron chi connectivity index (χ4n) is 5.34. The Bertz CT molecular complexity index is 1520. The molecule has 5 heterocycles. The number of nitrogens with zero attached hydrogens (tertiary/aromatic N) is 6. The Morgan fingerprint density at radius 2 is 1.97 bits per heavy atom. The van der Waals surface area contributed by atoms with Crippen LogP contribution in [-0.2, 0) is 24.4 Å². The molecule has 0 spiro atoms. The van der Waals surface area contributed by atoms with Crippen LogP contribution in [-0.4, -0.2) is 50.2 Å². The molecule has 0 amide bonds. The van der Waals surface area contributed by atoms with Crippen LogP contribution in [0.2, 0.25) is 0 Å². The van der Waals surface area contributed by atoms with E-state index in [4.69, 9.17) is 19.4 Å². The third-order valence-electron chi connectivity index (χ3n) is 7.71. The Balaban J connectivity index is 1.10. The van der Waals surface area contributed by atoms with Crippen LogP contribution in [0.3, 0.4) is 0 Å². The number of aromatic nitrogens is 4. The van der Waals surface area contributed by atoms with E-state index in [1.807, 2.05) is 25.1 Å². The zero-order valence-electron chi connectivity index (χ0n) is 22.0. The first-order chi connectivity index (χ1) is 19.1. The van der Waals surface area contributed by atoms with Crippen molar-refractivity contribution in [1.29, 1.82) is 5.26 Å². The van der Waals surface area contributed by atoms with Crippen molar-refractivity contribution >= 4 is 11.0 Å². The first-order valence-corrected chi connectivity index (χ1v) is 13.5. The number of imidazole rings is 1. The number of hydrogen-bond donors (Lipinski definition) is 0. The van der Waals surface area contributed by atoms with Crippen LogP contribution in [0.4, 0.5) is 4.39 Å². The molecule has 4 aromatic rings. The number of piperidine rings is 1. The Kier molecular flexibility index (Phi) is 7.22. The van der Waals surface area contributed by atoms with Crippen molar-refractivity contribution in [3.8, 4) is 11.9 Å². The molecule has 0 aliphatic carbocycles. The fourth-order valence-corrected chi connectivity index (χ4v) is 5.34. The number of benzene rings is 1. The Morgan fingerprint density at radius 3 is 2.72 bits per heavy atom. The molecule has 39 heavy (non-hydrogen) atoms. The highest BCUT2D eigenvalue weighted by Gasteiger charge is 2.26. The summed E-state index contributed by atoms with van der Waals surface area (Å²) in [7, 11) is 0. The Morgan fingerprint density at radius 1 is 1.13 bits per heavy atom. The summed E-state index contributed by atoms with van der Waals surface area (Å²) in [4.78, 5) is 16.3. The number of ether oxygens (including phenoxy) is 2. The molecule has 0 bridgehead atoms. The number of hydrogen-bond acceptors (Lipinski definition) is 7. The van der Waals surface area contributed by atoms with E-state index in [0.717, 1.165) is 80.2 Å². The van der Waals surface area contributed by atoms with Gasteiger partial charge in [0, 0.05) is 35.9 Å². The van der Waals surface area contributed by atoms with Gasteiger partial charge in [-0.25, -0.2) is 19.3 Å². The van der Waals surface area contributed by atoms with Crippen molar-refractivity contribution in [1.82, 2.24) is 24.4 Å². The molecule has 2 fully saturated rings. The number of nitriles is 1. The van der Waals surface area contributed by atoms with Gasteiger partial charge in [0.15, 0.2) is 0 Å². The summed E-state index contributed by atoms with van der Waals surface area (Å²) in [5.74, 6) is 1.58. The largest absolute Gasteiger partial charge is 0.473 e. The van der Waals surface area contributed by atoms with Gasteiger partial charge >= 0.3 is 0 Å². The summed E-state index contributed by atoms with van der Waals surface area (Å²) in [6, 6.07) is 14.9. The van der Waals surface area contributed by atoms with E-state index in [1.54, 1.807) is 18.3 Å². The number of pyridine rings is 2. The summed E-state index contributed by atoms with van der Waals surface area (Å²) in [5.41, 5.74) is 4.55. The molecular weight excluding hydrogens is 495 g/mol. The van der Waals surface area contributed by atoms with Gasteiger partial charge in [0.25, 0.3) is 0 Å². The smallest absolute Gasteiger partial charge is 0.213 e. The lowest BCUT2D eigenvalue weighted by Gasteiger charge is -2.32. The van der Waals surface area contributed by atoms with Gasteiger partial charge < -0.3 is 14.0 Å². The fraction of sp³-hybridized carbons (Fsp3) is 0.400. The molecule has 0 radical (unpaired) electrons. The summed E-state index contributed by atoms with van der Waals surface area (Å²) in [5, 5.41) is 9.26. The number of likely N-dealkylation sites (tertiary alicyclic amines) is 1. The van der Waals surface area contributed by atoms with Crippen molar-refractivity contribution in [3.63, 3.8) is 0 Å². The van der Waals surface area contributed by atoms with Crippen molar-refractivity contribution in [2.75, 3.05) is 19.7 Å². The van der Waals surface area contributed by atoms with Crippen LogP contribution < -0.4 is 4.74 Å². The number of fused-ring (bicyclic) bond motifs is 1. The second-order valence-corrected chi connectivity index (χ2v) is 10.4. The van der Waals surface area contributed by atoms with Crippen LogP contribution in [0.25, 0.3) is 11.0 Å². The van der Waals surface area contributed by atoms with Gasteiger partial charge in [-0.1, -0.05) is 18.2 Å². The molecule has 1 aromatic carbocycles. The maximum atomic E-state index is 14.2. The van der Waals surface area contributed by atoms with Gasteiger partial charge in [-0.05, 0) is 57.0 Å². The average Bonchev–Trinajstić information content (AvgIpc) is 3.26. The van der Waals surface area contributed by atoms with Gasteiger partial charge in [0.05, 0.1) is 36.4 Å². The maximum Gasteiger partial charge on any atom is 0.213 e. The SMILES string of the molecule is Cc1ccc(COc2cccc(C3CCN(Cc4nc5cc(C#N)ncc5n4C[C@@H]4CCO4)CC3)n2)c(F)c1. The average molecular weight is 527 g/mol. The monoisotopic (exact) mass is 526 g/mol. The lowest BCUT2D eigenvalue weighted by atomic mass is 9.93. The summed E-state index contributed by atoms with van der Waals surface area (Å²) < 4.78 is 27.9. The van der Waals surface area contributed by atoms with Gasteiger partial charge in [0.1, 0.15) is 30.0 Å². The van der Waals surface area contributed by atoms with E-state index in [1.165, 1.54) is 6.07 Å². The molecule has 0 saturated carbocycles. The zero-order chi connectivity index (χ0) is 26.8. The lowest BCUT2D eigenvalue weighted by Crippen LogP contribution is -2.35. The molecule has 0 unspecified atom stereocenters. The van der Waals surface area contributed by atoms with Crippen molar-refractivity contribution in [2.24, 2.45) is 0 Å². The standard InChI is InChI=1S/C30H31FN6O2/c1-20-5-6-22(25(31)13-20)19-39-30-4-2-3-26(35-30)21-7-10-36(11-8-21)18-29-34-27-14-23(15-32)33-16-28(27)37(29)17-24-9-12-38-24/h2-6,13-14,16,21,24H,7-12,17-19H2,1H3/t24-/m0/s1. The first-order valence-electron chi connectivity index (χ1n) is 13.5. The van der Waals surface area contributed by atoms with Gasteiger partial charge in [0.2, 0.25) is 5.88 Å². The number of aryl methyl sites for hydroxylation is 1. The lowest BCUT2D eigenvalue weighted by molar-refractivity contribution is -0.0592. The minimum absolute atomic E-state index is 0.152. The highest BCUT2D eigenvalue weighted by molar-refractivity contribution is 5.76. The van der Waals surface area contributed by atoms with Gasteiger partial charge in [-0.3, -0.25) is 4.90 Å². The third kappa shape index (κ3) is 5.63. The van der Waals surface area contributed by atoms with Crippen LogP contribution >= 0.6 is 0 Å². The molecule has 2 aliphatic rings. The van der Waals surface area contributed by atoms with E-state index < -0.39 is 0 Å². The van der Waals surface area contributed by atoms with E-state index in [2.05, 4.69) is 26.6 Å². The van der Waals surface area contributed by atoms with Crippen LogP contribution in [0, 0.1) is 24.1 Å². The minimum Gasteiger partial charge on any atom is -0.473 e. The van der Waals surface area contributed by atoms with Gasteiger partial charge in [-0.2, -0.15) is 5.26 Å². The molecule has 8 nitrogen and oxygen atoms in total. The van der Waals surface area contributed by atoms with E-state index in [0.29, 0.717) is 23.1 Å². The highest BCUT2D eigenvalue weighted by Crippen LogP contribution is 2.30. The molecule has 3 aromatic heterocycles. The Hall–Kier alpha value is -3.87. The summed E-state index contributed by atoms with van der Waals surface area (Å²) >= 11 is 0. The predicted molar refractivity (Wildman–Crippen MR) is 144 cm³/mol. The second kappa shape index (κ2) is 11.1. The summed E-state index contributed by atoms with van der Waals surface area (Å²) in [6.07, 6.45) is 4.96. The molecular formula is C30H31FN6O2. The first kappa shape index (κ1) is 25.4. The normalized spacial score (nSPS) is 18.1. The summed E-state index contributed by atoms with van der Waals surface area (Å²) in [6.45, 7) is 6.16. The van der Waals surface area contributed by atoms with E-state index in [9.17, 15) is 9.65 Å². The zero-order valence-corrected chi connectivity index (χ0v) is 22.0. The maximum absolute atomic E-state index is 14.2. The van der Waals surface area contributed by atoms with E-state index >= 15 is 0 Å².